The van der Waals surface area contributed by atoms with Crippen LogP contribution in [0.1, 0.15) is 72.5 Å². The molecule has 5 rings (SSSR count). The predicted molar refractivity (Wildman–Crippen MR) is 144 cm³/mol. The van der Waals surface area contributed by atoms with Crippen molar-refractivity contribution in [1.82, 2.24) is 9.88 Å². The Labute approximate surface area is 220 Å². The molecule has 2 fully saturated rings. The van der Waals surface area contributed by atoms with Gasteiger partial charge in [-0.05, 0) is 87.0 Å². The second-order valence-corrected chi connectivity index (χ2v) is 11.0. The molecule has 2 aliphatic heterocycles. The molecule has 1 aromatic carbocycles. The number of aryl methyl sites for hydroxylation is 3. The van der Waals surface area contributed by atoms with Gasteiger partial charge >= 0.3 is 5.97 Å². The van der Waals surface area contributed by atoms with E-state index < -0.39 is 12.0 Å². The number of carboxylic acids is 1. The summed E-state index contributed by atoms with van der Waals surface area (Å²) in [6.45, 7) is 6.34. The molecule has 1 saturated carbocycles. The van der Waals surface area contributed by atoms with Crippen molar-refractivity contribution in [2.24, 2.45) is 5.92 Å². The van der Waals surface area contributed by atoms with E-state index >= 15 is 0 Å². The number of carboxylic acid groups (broad SMARTS) is 1. The molecule has 2 aromatic rings. The van der Waals surface area contributed by atoms with Gasteiger partial charge in [-0.25, -0.2) is 4.98 Å². The molecule has 2 atom stereocenters. The summed E-state index contributed by atoms with van der Waals surface area (Å²) in [5.74, 6) is 0.943. The quantitative estimate of drug-likeness (QED) is 0.373. The molecule has 0 spiro atoms. The fourth-order valence-electron chi connectivity index (χ4n) is 5.50. The van der Waals surface area contributed by atoms with Crippen molar-refractivity contribution in [3.8, 4) is 0 Å². The van der Waals surface area contributed by atoms with Gasteiger partial charge in [0.15, 0.2) is 0 Å². The van der Waals surface area contributed by atoms with Gasteiger partial charge in [-0.2, -0.15) is 0 Å². The molecule has 7 nitrogen and oxygen atoms in total. The molecule has 3 aliphatic rings. The molecule has 1 aromatic heterocycles. The second kappa shape index (κ2) is 12.4. The van der Waals surface area contributed by atoms with E-state index in [1.165, 1.54) is 24.8 Å². The van der Waals surface area contributed by atoms with E-state index in [2.05, 4.69) is 22.3 Å². The maximum Gasteiger partial charge on any atom is 0.325 e. The number of ether oxygens (including phenoxy) is 2. The third kappa shape index (κ3) is 7.09. The van der Waals surface area contributed by atoms with Crippen LogP contribution in [0, 0.1) is 12.8 Å². The molecular formula is C30H41N3O4. The number of nitrogens with one attached hydrogen (secondary N) is 1. The summed E-state index contributed by atoms with van der Waals surface area (Å²) in [6.07, 6.45) is 8.69. The highest BCUT2D eigenvalue weighted by Crippen LogP contribution is 2.32. The minimum absolute atomic E-state index is 0.0762. The first-order chi connectivity index (χ1) is 18.1. The van der Waals surface area contributed by atoms with E-state index in [0.717, 1.165) is 80.0 Å². The van der Waals surface area contributed by atoms with Crippen LogP contribution in [0.25, 0.3) is 0 Å². The number of pyridine rings is 1. The molecule has 0 unspecified atom stereocenters. The Morgan fingerprint density at radius 2 is 2.11 bits per heavy atom. The number of anilines is 1. The van der Waals surface area contributed by atoms with Gasteiger partial charge in [0.25, 0.3) is 0 Å². The molecule has 0 amide bonds. The van der Waals surface area contributed by atoms with E-state index in [1.807, 2.05) is 25.1 Å². The van der Waals surface area contributed by atoms with Crippen molar-refractivity contribution < 1.29 is 19.4 Å². The van der Waals surface area contributed by atoms with Crippen LogP contribution in [-0.2, 0) is 33.7 Å². The normalized spacial score (nSPS) is 20.4. The highest BCUT2D eigenvalue weighted by molar-refractivity contribution is 5.76. The van der Waals surface area contributed by atoms with Crippen LogP contribution in [-0.4, -0.2) is 59.9 Å². The molecular weight excluding hydrogens is 466 g/mol. The van der Waals surface area contributed by atoms with Gasteiger partial charge in [-0.1, -0.05) is 29.8 Å². The van der Waals surface area contributed by atoms with Crippen molar-refractivity contribution in [3.63, 3.8) is 0 Å². The average Bonchev–Trinajstić information content (AvgIpc) is 3.61. The van der Waals surface area contributed by atoms with Crippen LogP contribution in [0.2, 0.25) is 0 Å². The number of aliphatic carboxylic acids is 1. The Balaban J connectivity index is 1.10. The monoisotopic (exact) mass is 507 g/mol. The maximum absolute atomic E-state index is 12.4. The largest absolute Gasteiger partial charge is 0.480 e. The lowest BCUT2D eigenvalue weighted by atomic mass is 9.97. The van der Waals surface area contributed by atoms with Gasteiger partial charge in [0, 0.05) is 38.5 Å². The van der Waals surface area contributed by atoms with Gasteiger partial charge in [0.2, 0.25) is 0 Å². The zero-order valence-electron chi connectivity index (χ0n) is 22.1. The van der Waals surface area contributed by atoms with Gasteiger partial charge < -0.3 is 19.9 Å². The lowest BCUT2D eigenvalue weighted by Crippen LogP contribution is -2.34. The van der Waals surface area contributed by atoms with Crippen molar-refractivity contribution in [2.45, 2.75) is 77.0 Å². The summed E-state index contributed by atoms with van der Waals surface area (Å²) in [5, 5.41) is 13.6. The lowest BCUT2D eigenvalue weighted by Gasteiger charge is -2.27. The topological polar surface area (TPSA) is 83.9 Å². The summed E-state index contributed by atoms with van der Waals surface area (Å²) in [6, 6.07) is 9.80. The average molecular weight is 508 g/mol. The zero-order chi connectivity index (χ0) is 25.6. The van der Waals surface area contributed by atoms with Crippen LogP contribution in [0.4, 0.5) is 5.82 Å². The number of likely N-dealkylation sites (tertiary alicyclic amines) is 1. The van der Waals surface area contributed by atoms with Crippen molar-refractivity contribution in [1.29, 1.82) is 0 Å². The van der Waals surface area contributed by atoms with Crippen LogP contribution < -0.4 is 5.32 Å². The smallest absolute Gasteiger partial charge is 0.325 e. The summed E-state index contributed by atoms with van der Waals surface area (Å²) in [4.78, 5) is 19.3. The van der Waals surface area contributed by atoms with Gasteiger partial charge in [-0.3, -0.25) is 9.69 Å². The molecule has 7 heteroatoms. The first kappa shape index (κ1) is 26.1. The standard InChI is InChI=1S/C30H41N3O4/c1-21-7-10-24(20-36-19-22-8-9-22)27(17-21)28(30(34)35)33-15-13-26(18-33)37-16-3-2-6-25-12-11-23-5-4-14-31-29(23)32-25/h7,10-12,17,22,26,28H,2-6,8-9,13-16,18-20H2,1H3,(H,31,32)(H,34,35)/t26-,28-/m1/s1. The number of unbranched alkanes of at least 4 members (excludes halogenated alkanes) is 1. The fraction of sp³-hybridized carbons (Fsp3) is 0.600. The first-order valence-corrected chi connectivity index (χ1v) is 14.0. The molecule has 0 radical (unpaired) electrons. The summed E-state index contributed by atoms with van der Waals surface area (Å²) >= 11 is 0. The fourth-order valence-corrected chi connectivity index (χ4v) is 5.50. The minimum atomic E-state index is -0.804. The van der Waals surface area contributed by atoms with Crippen LogP contribution in [0.3, 0.4) is 0 Å². The SMILES string of the molecule is Cc1ccc(COCC2CC2)c([C@H](C(=O)O)N2CC[C@@H](OCCCCc3ccc4c(n3)NCCC4)C2)c1. The van der Waals surface area contributed by atoms with Gasteiger partial charge in [-0.15, -0.1) is 0 Å². The number of rotatable bonds is 13. The van der Waals surface area contributed by atoms with Crippen molar-refractivity contribution >= 4 is 11.8 Å². The Kier molecular flexibility index (Phi) is 8.74. The van der Waals surface area contributed by atoms with E-state index in [0.29, 0.717) is 25.7 Å². The van der Waals surface area contributed by atoms with E-state index in [9.17, 15) is 9.90 Å². The summed E-state index contributed by atoms with van der Waals surface area (Å²) in [7, 11) is 0. The van der Waals surface area contributed by atoms with Crippen molar-refractivity contribution in [2.75, 3.05) is 38.2 Å². The Bertz CT molecular complexity index is 1070. The molecule has 37 heavy (non-hydrogen) atoms. The van der Waals surface area contributed by atoms with Crippen LogP contribution in [0.5, 0.6) is 0 Å². The van der Waals surface area contributed by atoms with Crippen LogP contribution in [0.15, 0.2) is 30.3 Å². The van der Waals surface area contributed by atoms with Crippen LogP contribution >= 0.6 is 0 Å². The molecule has 1 saturated heterocycles. The number of carbonyl (C=O) groups is 1. The zero-order valence-corrected chi connectivity index (χ0v) is 22.1. The maximum atomic E-state index is 12.4. The molecule has 2 N–H and O–H groups in total. The Hall–Kier alpha value is -2.48. The second-order valence-electron chi connectivity index (χ2n) is 11.0. The highest BCUT2D eigenvalue weighted by Gasteiger charge is 2.35. The molecule has 0 bridgehead atoms. The number of benzene rings is 1. The first-order valence-electron chi connectivity index (χ1n) is 14.0. The minimum Gasteiger partial charge on any atom is -0.480 e. The Morgan fingerprint density at radius 3 is 2.95 bits per heavy atom. The summed E-state index contributed by atoms with van der Waals surface area (Å²) in [5.41, 5.74) is 5.38. The third-order valence-corrected chi connectivity index (χ3v) is 7.81. The number of aromatic nitrogens is 1. The number of fused-ring (bicyclic) bond motifs is 1. The lowest BCUT2D eigenvalue weighted by molar-refractivity contribution is -0.143. The summed E-state index contributed by atoms with van der Waals surface area (Å²) < 4.78 is 12.1. The van der Waals surface area contributed by atoms with E-state index in [1.54, 1.807) is 0 Å². The highest BCUT2D eigenvalue weighted by atomic mass is 16.5. The van der Waals surface area contributed by atoms with E-state index in [-0.39, 0.29) is 6.10 Å². The molecule has 3 heterocycles. The number of hydrogen-bond donors (Lipinski definition) is 2. The predicted octanol–water partition coefficient (Wildman–Crippen LogP) is 4.91. The van der Waals surface area contributed by atoms with Crippen molar-refractivity contribution in [3.05, 3.63) is 58.3 Å². The number of hydrogen-bond acceptors (Lipinski definition) is 6. The Morgan fingerprint density at radius 1 is 1.22 bits per heavy atom. The van der Waals surface area contributed by atoms with Gasteiger partial charge in [0.1, 0.15) is 11.9 Å². The molecule has 1 aliphatic carbocycles. The number of nitrogens with zero attached hydrogens (tertiary/aromatic N) is 2. The van der Waals surface area contributed by atoms with E-state index in [4.69, 9.17) is 14.5 Å². The van der Waals surface area contributed by atoms with Gasteiger partial charge in [0.05, 0.1) is 12.7 Å². The third-order valence-electron chi connectivity index (χ3n) is 7.81. The molecule has 200 valence electrons.